The monoisotopic (exact) mass is 467 g/mol. The van der Waals surface area contributed by atoms with Crippen LogP contribution in [0.25, 0.3) is 0 Å². The molecule has 1 aliphatic rings. The second-order valence-electron chi connectivity index (χ2n) is 6.03. The molecular formula is C22H21N2O3Pd-. The largest absolute Gasteiger partial charge is 0.495 e. The molecule has 2 aromatic rings. The predicted octanol–water partition coefficient (Wildman–Crippen LogP) is 4.45. The summed E-state index contributed by atoms with van der Waals surface area (Å²) in [7, 11) is 0. The Balaban J connectivity index is 0.000000414. The molecule has 0 atom stereocenters. The Morgan fingerprint density at radius 2 is 1.18 bits per heavy atom. The fraction of sp³-hybridized carbons (Fsp3) is 0.182. The molecule has 0 spiro atoms. The number of aliphatic imine (C=N–C) groups is 2. The standard InChI is InChI=1S/C18H20N2.C4HO3.Pd/c1-13-7-5-8-14(2)17(13)19-11-12-20-18-15(3)9-6-10-16(18)4;5-3-1-2-4(6)7-3;/h5-12H,1-4H3;1H;/q;-1;. The summed E-state index contributed by atoms with van der Waals surface area (Å²) < 4.78 is 3.92. The minimum absolute atomic E-state index is 0. The van der Waals surface area contributed by atoms with Gasteiger partial charge in [-0.2, -0.15) is 6.08 Å². The van der Waals surface area contributed by atoms with Crippen LogP contribution in [0.2, 0.25) is 0 Å². The molecular weight excluding hydrogens is 447 g/mol. The van der Waals surface area contributed by atoms with Gasteiger partial charge < -0.3 is 9.53 Å². The van der Waals surface area contributed by atoms with E-state index in [1.165, 1.54) is 22.3 Å². The molecule has 0 radical (unpaired) electrons. The summed E-state index contributed by atoms with van der Waals surface area (Å²) in [6.07, 6.45) is 6.52. The number of nitrogens with zero attached hydrogens (tertiary/aromatic N) is 2. The first-order valence-corrected chi connectivity index (χ1v) is 8.43. The first-order chi connectivity index (χ1) is 12.9. The number of carbonyl (C=O) groups excluding carboxylic acids is 2. The van der Waals surface area contributed by atoms with E-state index >= 15 is 0 Å². The molecule has 1 heterocycles. The second kappa shape index (κ2) is 11.2. The zero-order chi connectivity index (χ0) is 19.8. The molecule has 5 nitrogen and oxygen atoms in total. The zero-order valence-electron chi connectivity index (χ0n) is 16.1. The van der Waals surface area contributed by atoms with Crippen molar-refractivity contribution in [3.8, 4) is 0 Å². The third-order valence-corrected chi connectivity index (χ3v) is 3.85. The maximum absolute atomic E-state index is 9.89. The van der Waals surface area contributed by atoms with Crippen LogP contribution in [0.15, 0.2) is 52.5 Å². The van der Waals surface area contributed by atoms with Crippen LogP contribution in [-0.4, -0.2) is 24.4 Å². The topological polar surface area (TPSA) is 68.1 Å². The van der Waals surface area contributed by atoms with Crippen LogP contribution in [0.4, 0.5) is 11.4 Å². The van der Waals surface area contributed by atoms with Crippen LogP contribution in [0.5, 0.6) is 0 Å². The Kier molecular flexibility index (Phi) is 9.37. The Morgan fingerprint density at radius 3 is 1.43 bits per heavy atom. The minimum Gasteiger partial charge on any atom is -0.495 e. The SMILES string of the molecule is Cc1cccc(C)c1N=CC=Nc1c(C)cccc1C.O=C1[C-]=CC(=O)O1.[Pd]. The van der Waals surface area contributed by atoms with Gasteiger partial charge >= 0.3 is 0 Å². The van der Waals surface area contributed by atoms with Crippen LogP contribution >= 0.6 is 0 Å². The molecule has 148 valence electrons. The van der Waals surface area contributed by atoms with Crippen molar-refractivity contribution in [2.75, 3.05) is 0 Å². The first-order valence-electron chi connectivity index (χ1n) is 8.43. The number of ether oxygens (including phenoxy) is 1. The summed E-state index contributed by atoms with van der Waals surface area (Å²) >= 11 is 0. The van der Waals surface area contributed by atoms with E-state index in [9.17, 15) is 9.59 Å². The number of aryl methyl sites for hydroxylation is 4. The minimum atomic E-state index is -0.704. The normalized spacial score (nSPS) is 12.7. The van der Waals surface area contributed by atoms with Gasteiger partial charge in [-0.25, -0.2) is 0 Å². The van der Waals surface area contributed by atoms with Gasteiger partial charge in [-0.15, -0.1) is 6.08 Å². The Hall–Kier alpha value is -2.68. The van der Waals surface area contributed by atoms with Crippen molar-refractivity contribution in [2.45, 2.75) is 27.7 Å². The number of hydrogen-bond donors (Lipinski definition) is 0. The summed E-state index contributed by atoms with van der Waals surface area (Å²) in [5.41, 5.74) is 6.79. The van der Waals surface area contributed by atoms with Crippen molar-refractivity contribution in [1.29, 1.82) is 0 Å². The Labute approximate surface area is 178 Å². The number of hydrogen-bond acceptors (Lipinski definition) is 5. The van der Waals surface area contributed by atoms with Gasteiger partial charge in [0.2, 0.25) is 5.97 Å². The molecule has 0 unspecified atom stereocenters. The van der Waals surface area contributed by atoms with E-state index < -0.39 is 11.9 Å². The fourth-order valence-electron chi connectivity index (χ4n) is 2.50. The van der Waals surface area contributed by atoms with Crippen molar-refractivity contribution in [3.05, 3.63) is 70.8 Å². The molecule has 0 fully saturated rings. The molecule has 0 N–H and O–H groups in total. The number of para-hydroxylation sites is 2. The van der Waals surface area contributed by atoms with E-state index in [2.05, 4.69) is 78.8 Å². The van der Waals surface area contributed by atoms with E-state index in [0.717, 1.165) is 17.5 Å². The molecule has 0 saturated heterocycles. The summed E-state index contributed by atoms with van der Waals surface area (Å²) in [5.74, 6) is -1.34. The van der Waals surface area contributed by atoms with E-state index in [-0.39, 0.29) is 20.4 Å². The summed E-state index contributed by atoms with van der Waals surface area (Å²) in [6, 6.07) is 12.4. The first kappa shape index (κ1) is 23.4. The molecule has 28 heavy (non-hydrogen) atoms. The Morgan fingerprint density at radius 1 is 0.786 bits per heavy atom. The molecule has 6 heteroatoms. The van der Waals surface area contributed by atoms with Crippen molar-refractivity contribution < 1.29 is 34.7 Å². The van der Waals surface area contributed by atoms with Crippen LogP contribution in [0, 0.1) is 33.8 Å². The van der Waals surface area contributed by atoms with Gasteiger partial charge in [-0.1, -0.05) is 36.4 Å². The van der Waals surface area contributed by atoms with Crippen LogP contribution in [0.3, 0.4) is 0 Å². The maximum atomic E-state index is 9.89. The quantitative estimate of drug-likeness (QED) is 0.220. The fourth-order valence-corrected chi connectivity index (χ4v) is 2.50. The smallest absolute Gasteiger partial charge is 0.228 e. The second-order valence-corrected chi connectivity index (χ2v) is 6.03. The van der Waals surface area contributed by atoms with Gasteiger partial charge in [0.05, 0.1) is 11.4 Å². The summed E-state index contributed by atoms with van der Waals surface area (Å²) in [5, 5.41) is 0. The molecule has 0 saturated carbocycles. The number of rotatable bonds is 3. The van der Waals surface area contributed by atoms with Gasteiger partial charge in [-0.3, -0.25) is 14.8 Å². The molecule has 1 aliphatic heterocycles. The van der Waals surface area contributed by atoms with Crippen molar-refractivity contribution >= 4 is 35.7 Å². The maximum Gasteiger partial charge on any atom is 0.228 e. The van der Waals surface area contributed by atoms with Gasteiger partial charge in [0.25, 0.3) is 0 Å². The Bertz CT molecular complexity index is 831. The number of benzene rings is 2. The van der Waals surface area contributed by atoms with Gasteiger partial charge in [-0.05, 0) is 49.9 Å². The molecule has 0 amide bonds. The van der Waals surface area contributed by atoms with Gasteiger partial charge in [0, 0.05) is 32.9 Å². The average Bonchev–Trinajstić information content (AvgIpc) is 2.99. The number of carbonyl (C=O) groups is 2. The molecule has 0 aliphatic carbocycles. The van der Waals surface area contributed by atoms with E-state index in [1.807, 2.05) is 6.08 Å². The van der Waals surface area contributed by atoms with E-state index in [0.29, 0.717) is 0 Å². The summed E-state index contributed by atoms with van der Waals surface area (Å²) in [6.45, 7) is 8.29. The van der Waals surface area contributed by atoms with Gasteiger partial charge in [0.15, 0.2) is 5.97 Å². The van der Waals surface area contributed by atoms with Crippen molar-refractivity contribution in [1.82, 2.24) is 0 Å². The van der Waals surface area contributed by atoms with Crippen molar-refractivity contribution in [3.63, 3.8) is 0 Å². The van der Waals surface area contributed by atoms with E-state index in [4.69, 9.17) is 0 Å². The molecule has 2 aromatic carbocycles. The molecule has 3 rings (SSSR count). The van der Waals surface area contributed by atoms with Gasteiger partial charge in [0.1, 0.15) is 0 Å². The number of esters is 2. The van der Waals surface area contributed by atoms with Crippen molar-refractivity contribution in [2.24, 2.45) is 9.98 Å². The van der Waals surface area contributed by atoms with Crippen LogP contribution in [-0.2, 0) is 34.7 Å². The molecule has 0 aromatic heterocycles. The van der Waals surface area contributed by atoms with Crippen LogP contribution in [0.1, 0.15) is 22.3 Å². The summed E-state index contributed by atoms with van der Waals surface area (Å²) in [4.78, 5) is 28.8. The third kappa shape index (κ3) is 6.81. The third-order valence-electron chi connectivity index (χ3n) is 3.85. The van der Waals surface area contributed by atoms with Crippen LogP contribution < -0.4 is 0 Å². The van der Waals surface area contributed by atoms with E-state index in [1.54, 1.807) is 12.4 Å². The zero-order valence-corrected chi connectivity index (χ0v) is 17.7. The average molecular weight is 468 g/mol. The molecule has 0 bridgehead atoms. The predicted molar refractivity (Wildman–Crippen MR) is 107 cm³/mol. The number of cyclic esters (lactones) is 2.